The Morgan fingerprint density at radius 1 is 1.40 bits per heavy atom. The first-order valence-corrected chi connectivity index (χ1v) is 8.24. The van der Waals surface area contributed by atoms with Crippen molar-refractivity contribution >= 4 is 5.57 Å². The largest absolute Gasteiger partial charge is 0.416 e. The van der Waals surface area contributed by atoms with Gasteiger partial charge in [0.05, 0.1) is 23.0 Å². The van der Waals surface area contributed by atoms with Gasteiger partial charge in [-0.3, -0.25) is 4.68 Å². The topological polar surface area (TPSA) is 21.1 Å². The van der Waals surface area contributed by atoms with Gasteiger partial charge in [-0.2, -0.15) is 18.3 Å². The molecule has 1 aromatic heterocycles. The highest BCUT2D eigenvalue weighted by Crippen LogP contribution is 2.36. The molecule has 0 fully saturated rings. The van der Waals surface area contributed by atoms with Crippen LogP contribution in [0.4, 0.5) is 17.6 Å². The summed E-state index contributed by atoms with van der Waals surface area (Å²) < 4.78 is 55.7. The van der Waals surface area contributed by atoms with Gasteiger partial charge in [-0.25, -0.2) is 4.39 Å². The van der Waals surface area contributed by atoms with Crippen LogP contribution in [0.25, 0.3) is 5.57 Å². The Kier molecular flexibility index (Phi) is 5.87. The third-order valence-electron chi connectivity index (χ3n) is 4.23. The predicted molar refractivity (Wildman–Crippen MR) is 90.5 cm³/mol. The van der Waals surface area contributed by atoms with E-state index in [0.717, 1.165) is 30.3 Å². The molecular weight excluding hydrogens is 334 g/mol. The van der Waals surface area contributed by atoms with Crippen LogP contribution in [0, 0.1) is 0 Å². The summed E-state index contributed by atoms with van der Waals surface area (Å²) in [6.07, 6.45) is -0.400. The van der Waals surface area contributed by atoms with Crippen LogP contribution in [0.1, 0.15) is 44.1 Å². The van der Waals surface area contributed by atoms with Gasteiger partial charge >= 0.3 is 6.18 Å². The lowest BCUT2D eigenvalue weighted by molar-refractivity contribution is -0.0883. The van der Waals surface area contributed by atoms with Crippen LogP contribution in [0.3, 0.4) is 0 Å². The lowest BCUT2D eigenvalue weighted by atomic mass is 10.0. The maximum absolute atomic E-state index is 14.3. The van der Waals surface area contributed by atoms with Crippen LogP contribution >= 0.6 is 0 Å². The molecule has 0 aromatic carbocycles. The lowest BCUT2D eigenvalue weighted by Gasteiger charge is -2.17. The van der Waals surface area contributed by atoms with E-state index in [2.05, 4.69) is 5.10 Å². The summed E-state index contributed by atoms with van der Waals surface area (Å²) in [5, 5.41) is 4.33. The standard InChI is InChI=1S/C18H23F4N3/c1-5-7-12(18(20,21)22)10-13(14(19)6-2)15-11-17-16(24(3)4)8-9-25(17)23-15/h6-7,10-11,16H,5,8-9H2,1-4H3/b12-7-,13-10+,14-6+. The van der Waals surface area contributed by atoms with Crippen LogP contribution in [0.2, 0.25) is 0 Å². The van der Waals surface area contributed by atoms with Gasteiger partial charge in [0, 0.05) is 12.1 Å². The normalized spacial score (nSPS) is 19.7. The molecule has 0 bridgehead atoms. The fourth-order valence-electron chi connectivity index (χ4n) is 2.98. The van der Waals surface area contributed by atoms with Gasteiger partial charge in [-0.15, -0.1) is 0 Å². The Hall–Kier alpha value is -1.89. The van der Waals surface area contributed by atoms with E-state index in [0.29, 0.717) is 6.54 Å². The van der Waals surface area contributed by atoms with Crippen molar-refractivity contribution in [2.24, 2.45) is 0 Å². The van der Waals surface area contributed by atoms with E-state index in [1.54, 1.807) is 17.7 Å². The van der Waals surface area contributed by atoms with Gasteiger partial charge < -0.3 is 4.90 Å². The number of allylic oxidation sites excluding steroid dienone is 6. The lowest BCUT2D eigenvalue weighted by Crippen LogP contribution is -2.17. The molecule has 0 saturated carbocycles. The molecule has 0 radical (unpaired) electrons. The predicted octanol–water partition coefficient (Wildman–Crippen LogP) is 5.04. The van der Waals surface area contributed by atoms with Crippen molar-refractivity contribution in [3.8, 4) is 0 Å². The summed E-state index contributed by atoms with van der Waals surface area (Å²) in [7, 11) is 3.87. The van der Waals surface area contributed by atoms with E-state index < -0.39 is 17.6 Å². The Morgan fingerprint density at radius 3 is 2.60 bits per heavy atom. The number of aromatic nitrogens is 2. The molecule has 1 atom stereocenters. The Bertz CT molecular complexity index is 708. The second-order valence-corrected chi connectivity index (χ2v) is 6.21. The van der Waals surface area contributed by atoms with Crippen molar-refractivity contribution < 1.29 is 17.6 Å². The van der Waals surface area contributed by atoms with E-state index in [1.165, 1.54) is 6.92 Å². The number of hydrogen-bond acceptors (Lipinski definition) is 2. The summed E-state index contributed by atoms with van der Waals surface area (Å²) in [4.78, 5) is 2.03. The molecule has 7 heteroatoms. The van der Waals surface area contributed by atoms with Gasteiger partial charge in [0.2, 0.25) is 0 Å². The van der Waals surface area contributed by atoms with Crippen LogP contribution < -0.4 is 0 Å². The molecule has 1 aliphatic rings. The highest BCUT2D eigenvalue weighted by Gasteiger charge is 2.33. The van der Waals surface area contributed by atoms with Crippen molar-refractivity contribution in [2.75, 3.05) is 14.1 Å². The van der Waals surface area contributed by atoms with Crippen molar-refractivity contribution in [3.05, 3.63) is 47.1 Å². The maximum atomic E-state index is 14.3. The van der Waals surface area contributed by atoms with Gasteiger partial charge in [0.15, 0.2) is 0 Å². The van der Waals surface area contributed by atoms with Crippen LogP contribution in [-0.4, -0.2) is 35.0 Å². The van der Waals surface area contributed by atoms with Crippen molar-refractivity contribution in [1.29, 1.82) is 0 Å². The van der Waals surface area contributed by atoms with Gasteiger partial charge in [0.1, 0.15) is 5.83 Å². The Balaban J connectivity index is 2.52. The average molecular weight is 357 g/mol. The van der Waals surface area contributed by atoms with Crippen LogP contribution in [0.15, 0.2) is 35.7 Å². The van der Waals surface area contributed by atoms with Crippen molar-refractivity contribution in [1.82, 2.24) is 14.7 Å². The summed E-state index contributed by atoms with van der Waals surface area (Å²) >= 11 is 0. The number of alkyl halides is 3. The molecule has 138 valence electrons. The van der Waals surface area contributed by atoms with E-state index in [-0.39, 0.29) is 23.7 Å². The first-order valence-electron chi connectivity index (χ1n) is 8.24. The molecule has 2 rings (SSSR count). The molecule has 0 N–H and O–H groups in total. The second-order valence-electron chi connectivity index (χ2n) is 6.21. The molecule has 1 aliphatic heterocycles. The first-order chi connectivity index (χ1) is 11.7. The second kappa shape index (κ2) is 7.56. The van der Waals surface area contributed by atoms with Crippen molar-refractivity contribution in [3.63, 3.8) is 0 Å². The maximum Gasteiger partial charge on any atom is 0.416 e. The Morgan fingerprint density at radius 2 is 2.08 bits per heavy atom. The molecule has 1 aromatic rings. The molecule has 0 spiro atoms. The van der Waals surface area contributed by atoms with Gasteiger partial charge in [-0.05, 0) is 46.0 Å². The minimum absolute atomic E-state index is 0.129. The molecule has 0 amide bonds. The van der Waals surface area contributed by atoms with Gasteiger partial charge in [0.25, 0.3) is 0 Å². The average Bonchev–Trinajstić information content (AvgIpc) is 3.09. The summed E-state index contributed by atoms with van der Waals surface area (Å²) in [6, 6.07) is 1.82. The van der Waals surface area contributed by atoms with Crippen LogP contribution in [0.5, 0.6) is 0 Å². The molecule has 25 heavy (non-hydrogen) atoms. The molecule has 0 saturated heterocycles. The smallest absolute Gasteiger partial charge is 0.301 e. The molecule has 1 unspecified atom stereocenters. The summed E-state index contributed by atoms with van der Waals surface area (Å²) in [5.41, 5.74) is 0.115. The number of hydrogen-bond donors (Lipinski definition) is 0. The molecular formula is C18H23F4N3. The SMILES string of the molecule is C\C=C(F)/C(=C\C(=C\CC)C(F)(F)F)c1cc2n(n1)CCC2N(C)C. The van der Waals surface area contributed by atoms with E-state index in [9.17, 15) is 17.6 Å². The molecule has 3 nitrogen and oxygen atoms in total. The van der Waals surface area contributed by atoms with Crippen LogP contribution in [-0.2, 0) is 6.54 Å². The van der Waals surface area contributed by atoms with E-state index >= 15 is 0 Å². The summed E-state index contributed by atoms with van der Waals surface area (Å²) in [6.45, 7) is 3.73. The fraction of sp³-hybridized carbons (Fsp3) is 0.500. The third-order valence-corrected chi connectivity index (χ3v) is 4.23. The first kappa shape index (κ1) is 19.4. The number of rotatable bonds is 5. The minimum atomic E-state index is -4.54. The minimum Gasteiger partial charge on any atom is -0.301 e. The quantitative estimate of drug-likeness (QED) is 0.543. The molecule has 2 heterocycles. The molecule has 0 aliphatic carbocycles. The fourth-order valence-corrected chi connectivity index (χ4v) is 2.98. The van der Waals surface area contributed by atoms with Crippen molar-refractivity contribution in [2.45, 2.75) is 45.5 Å². The number of aryl methyl sites for hydroxylation is 1. The highest BCUT2D eigenvalue weighted by molar-refractivity contribution is 5.77. The number of fused-ring (bicyclic) bond motifs is 1. The monoisotopic (exact) mass is 357 g/mol. The zero-order chi connectivity index (χ0) is 18.8. The number of halogens is 4. The summed E-state index contributed by atoms with van der Waals surface area (Å²) in [5.74, 6) is -0.718. The number of nitrogens with zero attached hydrogens (tertiary/aromatic N) is 3. The zero-order valence-corrected chi connectivity index (χ0v) is 14.9. The Labute approximate surface area is 145 Å². The van der Waals surface area contributed by atoms with E-state index in [4.69, 9.17) is 0 Å². The van der Waals surface area contributed by atoms with Gasteiger partial charge in [-0.1, -0.05) is 19.1 Å². The highest BCUT2D eigenvalue weighted by atomic mass is 19.4. The zero-order valence-electron chi connectivity index (χ0n) is 14.9. The van der Waals surface area contributed by atoms with E-state index in [1.807, 2.05) is 19.0 Å². The third kappa shape index (κ3) is 4.21.